The third kappa shape index (κ3) is 4.75. The van der Waals surface area contributed by atoms with E-state index >= 15 is 0 Å². The lowest BCUT2D eigenvalue weighted by molar-refractivity contribution is 0.0506. The summed E-state index contributed by atoms with van der Waals surface area (Å²) < 4.78 is 9.46. The summed E-state index contributed by atoms with van der Waals surface area (Å²) in [6, 6.07) is 1.56. The first kappa shape index (κ1) is 23.7. The first-order valence-corrected chi connectivity index (χ1v) is 11.4. The van der Waals surface area contributed by atoms with E-state index in [9.17, 15) is 14.4 Å². The lowest BCUT2D eigenvalue weighted by Gasteiger charge is -2.07. The maximum Gasteiger partial charge on any atom is 0.341 e. The summed E-state index contributed by atoms with van der Waals surface area (Å²) in [7, 11) is 0. The van der Waals surface area contributed by atoms with Crippen LogP contribution in [0, 0.1) is 20.8 Å². The average Bonchev–Trinajstić information content (AvgIpc) is 3.40. The van der Waals surface area contributed by atoms with Gasteiger partial charge in [-0.15, -0.1) is 11.3 Å². The molecule has 0 aromatic carbocycles. The lowest BCUT2D eigenvalue weighted by Crippen LogP contribution is -2.17. The molecule has 3 heterocycles. The molecular formula is C20H23BrN6O4S. The number of esters is 1. The van der Waals surface area contributed by atoms with Gasteiger partial charge in [0.1, 0.15) is 11.7 Å². The van der Waals surface area contributed by atoms with E-state index in [1.165, 1.54) is 0 Å². The predicted octanol–water partition coefficient (Wildman–Crippen LogP) is 3.25. The van der Waals surface area contributed by atoms with Gasteiger partial charge in [0.2, 0.25) is 0 Å². The molecule has 0 aliphatic heterocycles. The molecule has 3 aromatic rings. The Morgan fingerprint density at radius 2 is 1.97 bits per heavy atom. The van der Waals surface area contributed by atoms with Crippen LogP contribution in [0.3, 0.4) is 0 Å². The molecule has 0 radical (unpaired) electrons. The van der Waals surface area contributed by atoms with Crippen LogP contribution < -0.4 is 11.1 Å². The van der Waals surface area contributed by atoms with Crippen molar-refractivity contribution in [3.8, 4) is 0 Å². The van der Waals surface area contributed by atoms with E-state index in [1.54, 1.807) is 28.6 Å². The molecule has 0 spiro atoms. The van der Waals surface area contributed by atoms with Crippen LogP contribution in [-0.4, -0.2) is 44.0 Å². The second kappa shape index (κ2) is 9.65. The van der Waals surface area contributed by atoms with Gasteiger partial charge in [0.15, 0.2) is 5.69 Å². The number of nitrogens with zero attached hydrogens (tertiary/aromatic N) is 4. The molecule has 3 aromatic heterocycles. The predicted molar refractivity (Wildman–Crippen MR) is 123 cm³/mol. The highest BCUT2D eigenvalue weighted by molar-refractivity contribution is 9.10. The highest BCUT2D eigenvalue weighted by Gasteiger charge is 2.26. The minimum atomic E-state index is -0.683. The monoisotopic (exact) mass is 522 g/mol. The zero-order chi connectivity index (χ0) is 23.6. The highest BCUT2D eigenvalue weighted by atomic mass is 79.9. The van der Waals surface area contributed by atoms with E-state index in [0.717, 1.165) is 27.2 Å². The summed E-state index contributed by atoms with van der Waals surface area (Å²) in [5.74, 6) is -1.83. The van der Waals surface area contributed by atoms with Crippen LogP contribution in [0.5, 0.6) is 0 Å². The minimum absolute atomic E-state index is 0.123. The Morgan fingerprint density at radius 3 is 2.56 bits per heavy atom. The Morgan fingerprint density at radius 1 is 1.25 bits per heavy atom. The number of rotatable bonds is 8. The summed E-state index contributed by atoms with van der Waals surface area (Å²) >= 11 is 4.42. The molecular weight excluding hydrogens is 500 g/mol. The van der Waals surface area contributed by atoms with Gasteiger partial charge in [-0.3, -0.25) is 14.3 Å². The van der Waals surface area contributed by atoms with E-state index in [0.29, 0.717) is 18.7 Å². The molecule has 0 aliphatic rings. The van der Waals surface area contributed by atoms with Crippen molar-refractivity contribution in [1.82, 2.24) is 19.6 Å². The molecule has 0 unspecified atom stereocenters. The number of aromatic nitrogens is 4. The normalized spacial score (nSPS) is 10.9. The van der Waals surface area contributed by atoms with Crippen molar-refractivity contribution < 1.29 is 19.1 Å². The van der Waals surface area contributed by atoms with E-state index in [2.05, 4.69) is 31.4 Å². The highest BCUT2D eigenvalue weighted by Crippen LogP contribution is 2.33. The smallest absolute Gasteiger partial charge is 0.341 e. The van der Waals surface area contributed by atoms with Gasteiger partial charge in [-0.25, -0.2) is 9.48 Å². The average molecular weight is 523 g/mol. The van der Waals surface area contributed by atoms with E-state index in [4.69, 9.17) is 10.5 Å². The van der Waals surface area contributed by atoms with Gasteiger partial charge in [0.25, 0.3) is 11.8 Å². The Hall–Kier alpha value is -2.99. The van der Waals surface area contributed by atoms with E-state index < -0.39 is 17.8 Å². The molecule has 3 N–H and O–H groups in total. The van der Waals surface area contributed by atoms with Crippen LogP contribution in [-0.2, 0) is 11.4 Å². The second-order valence-corrected chi connectivity index (χ2v) is 8.89. The quantitative estimate of drug-likeness (QED) is 0.436. The number of amides is 2. The molecule has 170 valence electrons. The summed E-state index contributed by atoms with van der Waals surface area (Å²) in [4.78, 5) is 37.3. The molecule has 0 saturated heterocycles. The Labute approximate surface area is 196 Å². The van der Waals surface area contributed by atoms with Gasteiger partial charge in [0.05, 0.1) is 32.9 Å². The first-order chi connectivity index (χ1) is 15.1. The number of halogens is 1. The molecule has 12 heteroatoms. The van der Waals surface area contributed by atoms with Gasteiger partial charge >= 0.3 is 5.97 Å². The Bertz CT molecular complexity index is 1200. The largest absolute Gasteiger partial charge is 0.462 e. The van der Waals surface area contributed by atoms with Crippen molar-refractivity contribution in [3.05, 3.63) is 49.8 Å². The van der Waals surface area contributed by atoms with Gasteiger partial charge < -0.3 is 15.8 Å². The molecule has 0 atom stereocenters. The molecule has 32 heavy (non-hydrogen) atoms. The van der Waals surface area contributed by atoms with Crippen molar-refractivity contribution in [1.29, 1.82) is 0 Å². The number of nitrogens with one attached hydrogen (secondary N) is 1. The lowest BCUT2D eigenvalue weighted by atomic mass is 10.1. The summed E-state index contributed by atoms with van der Waals surface area (Å²) in [5, 5.41) is 11.6. The number of aryl methyl sites for hydroxylation is 1. The zero-order valence-corrected chi connectivity index (χ0v) is 20.5. The van der Waals surface area contributed by atoms with Crippen LogP contribution in [0.1, 0.15) is 60.8 Å². The van der Waals surface area contributed by atoms with Crippen molar-refractivity contribution in [2.75, 3.05) is 11.9 Å². The van der Waals surface area contributed by atoms with Gasteiger partial charge in [0, 0.05) is 6.20 Å². The van der Waals surface area contributed by atoms with Crippen LogP contribution >= 0.6 is 27.3 Å². The van der Waals surface area contributed by atoms with E-state index in [-0.39, 0.29) is 27.7 Å². The number of thiophene rings is 1. The second-order valence-electron chi connectivity index (χ2n) is 7.08. The SMILES string of the molecule is CCCOC(=O)c1c(NC(=O)c2ccn(Cn3nc(C)c(Br)c3C)n2)sc(C(N)=O)c1C. The first-order valence-electron chi connectivity index (χ1n) is 9.78. The zero-order valence-electron chi connectivity index (χ0n) is 18.1. The van der Waals surface area contributed by atoms with Crippen molar-refractivity contribution in [3.63, 3.8) is 0 Å². The third-order valence-electron chi connectivity index (χ3n) is 4.68. The van der Waals surface area contributed by atoms with Crippen LogP contribution in [0.15, 0.2) is 16.7 Å². The number of carbonyl (C=O) groups is 3. The molecule has 0 aliphatic carbocycles. The van der Waals surface area contributed by atoms with Crippen molar-refractivity contribution in [2.24, 2.45) is 5.73 Å². The summed E-state index contributed by atoms with van der Waals surface area (Å²) in [5.41, 5.74) is 7.85. The van der Waals surface area contributed by atoms with Crippen molar-refractivity contribution in [2.45, 2.75) is 40.8 Å². The maximum absolute atomic E-state index is 12.8. The van der Waals surface area contributed by atoms with Crippen molar-refractivity contribution >= 4 is 50.1 Å². The number of ether oxygens (including phenoxy) is 1. The van der Waals surface area contributed by atoms with Gasteiger partial charge in [-0.05, 0) is 54.8 Å². The van der Waals surface area contributed by atoms with E-state index in [1.807, 2.05) is 20.8 Å². The molecule has 3 rings (SSSR count). The fourth-order valence-electron chi connectivity index (χ4n) is 3.03. The standard InChI is InChI=1S/C20H23BrN6O4S/c1-5-8-31-20(30)14-10(2)16(17(22)28)32-19(14)23-18(29)13-6-7-26(25-13)9-27-12(4)15(21)11(3)24-27/h6-7H,5,8-9H2,1-4H3,(H2,22,28)(H,23,29). The number of carbonyl (C=O) groups excluding carboxylic acids is 3. The maximum atomic E-state index is 12.8. The number of primary amides is 1. The fraction of sp³-hybridized carbons (Fsp3) is 0.350. The topological polar surface area (TPSA) is 134 Å². The molecule has 10 nitrogen and oxygen atoms in total. The summed E-state index contributed by atoms with van der Waals surface area (Å²) in [6.45, 7) is 7.82. The number of nitrogens with two attached hydrogens (primary N) is 1. The van der Waals surface area contributed by atoms with Crippen LogP contribution in [0.4, 0.5) is 5.00 Å². The molecule has 2 amide bonds. The number of anilines is 1. The third-order valence-corrected chi connectivity index (χ3v) is 7.05. The summed E-state index contributed by atoms with van der Waals surface area (Å²) in [6.07, 6.45) is 2.30. The molecule has 0 saturated carbocycles. The van der Waals surface area contributed by atoms with Gasteiger partial charge in [-0.1, -0.05) is 6.92 Å². The number of hydrogen-bond acceptors (Lipinski definition) is 7. The Balaban J connectivity index is 1.82. The fourth-order valence-corrected chi connectivity index (χ4v) is 4.35. The van der Waals surface area contributed by atoms with Crippen LogP contribution in [0.25, 0.3) is 0 Å². The molecule has 0 bridgehead atoms. The Kier molecular flexibility index (Phi) is 7.14. The number of hydrogen-bond donors (Lipinski definition) is 2. The molecule has 0 fully saturated rings. The van der Waals surface area contributed by atoms with Gasteiger partial charge in [-0.2, -0.15) is 10.2 Å². The van der Waals surface area contributed by atoms with Crippen LogP contribution in [0.2, 0.25) is 0 Å². The minimum Gasteiger partial charge on any atom is -0.462 e.